The molecule has 4 heteroatoms. The van der Waals surface area contributed by atoms with Gasteiger partial charge in [-0.2, -0.15) is 0 Å². The second kappa shape index (κ2) is 7.15. The molecule has 0 bridgehead atoms. The van der Waals surface area contributed by atoms with Crippen LogP contribution in [0.1, 0.15) is 19.4 Å². The van der Waals surface area contributed by atoms with E-state index in [0.29, 0.717) is 5.15 Å². The van der Waals surface area contributed by atoms with Gasteiger partial charge in [0.25, 0.3) is 0 Å². The van der Waals surface area contributed by atoms with E-state index in [1.165, 1.54) is 11.3 Å². The molecule has 106 valence electrons. The molecule has 2 aromatic rings. The maximum absolute atomic E-state index is 5.86. The van der Waals surface area contributed by atoms with Crippen LogP contribution in [0.4, 0.5) is 11.5 Å². The van der Waals surface area contributed by atoms with Crippen LogP contribution in [-0.4, -0.2) is 18.1 Å². The highest BCUT2D eigenvalue weighted by molar-refractivity contribution is 6.29. The zero-order valence-electron chi connectivity index (χ0n) is 11.9. The predicted octanol–water partition coefficient (Wildman–Crippen LogP) is 4.19. The number of hydrogen-bond acceptors (Lipinski definition) is 3. The highest BCUT2D eigenvalue weighted by Gasteiger charge is 2.01. The van der Waals surface area contributed by atoms with Crippen LogP contribution in [0.5, 0.6) is 0 Å². The van der Waals surface area contributed by atoms with Gasteiger partial charge in [-0.1, -0.05) is 29.8 Å². The Kier molecular flexibility index (Phi) is 5.24. The molecule has 0 amide bonds. The number of rotatable bonds is 6. The van der Waals surface area contributed by atoms with Gasteiger partial charge in [0.15, 0.2) is 0 Å². The van der Waals surface area contributed by atoms with E-state index < -0.39 is 0 Å². The zero-order valence-corrected chi connectivity index (χ0v) is 12.7. The van der Waals surface area contributed by atoms with Crippen LogP contribution in [0.15, 0.2) is 42.5 Å². The molecule has 1 aromatic carbocycles. The largest absolute Gasteiger partial charge is 0.372 e. The Hall–Kier alpha value is -1.74. The SMILES string of the molecule is CCN(CC)c1ccc(CNc2cccc(Cl)n2)cc1. The molecule has 3 nitrogen and oxygen atoms in total. The normalized spacial score (nSPS) is 10.3. The summed E-state index contributed by atoms with van der Waals surface area (Å²) in [5.74, 6) is 0.797. The minimum atomic E-state index is 0.506. The van der Waals surface area contributed by atoms with E-state index in [0.717, 1.165) is 25.5 Å². The van der Waals surface area contributed by atoms with E-state index >= 15 is 0 Å². The van der Waals surface area contributed by atoms with Gasteiger partial charge in [-0.3, -0.25) is 0 Å². The van der Waals surface area contributed by atoms with E-state index in [1.54, 1.807) is 6.07 Å². The van der Waals surface area contributed by atoms with Crippen molar-refractivity contribution in [3.63, 3.8) is 0 Å². The zero-order chi connectivity index (χ0) is 14.4. The van der Waals surface area contributed by atoms with Crippen LogP contribution in [0.2, 0.25) is 5.15 Å². The summed E-state index contributed by atoms with van der Waals surface area (Å²) in [4.78, 5) is 6.54. The van der Waals surface area contributed by atoms with Crippen LogP contribution < -0.4 is 10.2 Å². The van der Waals surface area contributed by atoms with Crippen LogP contribution in [0, 0.1) is 0 Å². The molecule has 1 heterocycles. The van der Waals surface area contributed by atoms with Crippen molar-refractivity contribution < 1.29 is 0 Å². The fourth-order valence-corrected chi connectivity index (χ4v) is 2.28. The third-order valence-electron chi connectivity index (χ3n) is 3.25. The average Bonchev–Trinajstić information content (AvgIpc) is 2.48. The summed E-state index contributed by atoms with van der Waals surface area (Å²) in [5.41, 5.74) is 2.49. The van der Waals surface area contributed by atoms with Crippen molar-refractivity contribution in [2.75, 3.05) is 23.3 Å². The molecule has 0 radical (unpaired) electrons. The molecule has 0 atom stereocenters. The molecule has 0 saturated heterocycles. The Balaban J connectivity index is 1.97. The van der Waals surface area contributed by atoms with Gasteiger partial charge in [-0.05, 0) is 43.7 Å². The van der Waals surface area contributed by atoms with E-state index in [-0.39, 0.29) is 0 Å². The first-order chi connectivity index (χ1) is 9.72. The summed E-state index contributed by atoms with van der Waals surface area (Å²) in [7, 11) is 0. The number of hydrogen-bond donors (Lipinski definition) is 1. The average molecular weight is 290 g/mol. The molecule has 0 unspecified atom stereocenters. The van der Waals surface area contributed by atoms with E-state index in [2.05, 4.69) is 53.3 Å². The van der Waals surface area contributed by atoms with Gasteiger partial charge in [0.2, 0.25) is 0 Å². The van der Waals surface area contributed by atoms with Crippen LogP contribution in [0.3, 0.4) is 0 Å². The summed E-state index contributed by atoms with van der Waals surface area (Å²) in [6, 6.07) is 14.2. The molecule has 0 fully saturated rings. The first-order valence-electron chi connectivity index (χ1n) is 6.93. The second-order valence-corrected chi connectivity index (χ2v) is 4.93. The smallest absolute Gasteiger partial charge is 0.131 e. The van der Waals surface area contributed by atoms with Crippen molar-refractivity contribution in [1.29, 1.82) is 0 Å². The number of benzene rings is 1. The van der Waals surface area contributed by atoms with Crippen molar-refractivity contribution in [3.05, 3.63) is 53.2 Å². The molecule has 0 aliphatic carbocycles. The fourth-order valence-electron chi connectivity index (χ4n) is 2.11. The standard InChI is InChI=1S/C16H20ClN3/c1-3-20(4-2)14-10-8-13(9-11-14)12-18-16-7-5-6-15(17)19-16/h5-11H,3-4,12H2,1-2H3,(H,18,19). The Labute approximate surface area is 125 Å². The third kappa shape index (κ3) is 3.87. The predicted molar refractivity (Wildman–Crippen MR) is 86.6 cm³/mol. The molecule has 20 heavy (non-hydrogen) atoms. The maximum Gasteiger partial charge on any atom is 0.131 e. The molecular formula is C16H20ClN3. The van der Waals surface area contributed by atoms with Gasteiger partial charge in [-0.15, -0.1) is 0 Å². The van der Waals surface area contributed by atoms with Crippen LogP contribution >= 0.6 is 11.6 Å². The molecule has 1 aromatic heterocycles. The summed E-state index contributed by atoms with van der Waals surface area (Å²) >= 11 is 5.86. The van der Waals surface area contributed by atoms with E-state index in [4.69, 9.17) is 11.6 Å². The highest BCUT2D eigenvalue weighted by Crippen LogP contribution is 2.16. The Morgan fingerprint density at radius 2 is 1.75 bits per heavy atom. The first-order valence-corrected chi connectivity index (χ1v) is 7.31. The second-order valence-electron chi connectivity index (χ2n) is 4.54. The molecule has 0 saturated carbocycles. The molecule has 2 rings (SSSR count). The minimum Gasteiger partial charge on any atom is -0.372 e. The molecule has 0 aliphatic rings. The lowest BCUT2D eigenvalue weighted by Gasteiger charge is -2.21. The van der Waals surface area contributed by atoms with Gasteiger partial charge < -0.3 is 10.2 Å². The molecular weight excluding hydrogens is 270 g/mol. The summed E-state index contributed by atoms with van der Waals surface area (Å²) in [6.07, 6.45) is 0. The van der Waals surface area contributed by atoms with Crippen molar-refractivity contribution in [3.8, 4) is 0 Å². The topological polar surface area (TPSA) is 28.2 Å². The van der Waals surface area contributed by atoms with Crippen molar-refractivity contribution in [2.24, 2.45) is 0 Å². The lowest BCUT2D eigenvalue weighted by molar-refractivity contribution is 0.865. The van der Waals surface area contributed by atoms with Crippen LogP contribution in [0.25, 0.3) is 0 Å². The number of pyridine rings is 1. The van der Waals surface area contributed by atoms with Crippen molar-refractivity contribution in [2.45, 2.75) is 20.4 Å². The fraction of sp³-hybridized carbons (Fsp3) is 0.312. The maximum atomic E-state index is 5.86. The highest BCUT2D eigenvalue weighted by atomic mass is 35.5. The third-order valence-corrected chi connectivity index (χ3v) is 3.46. The van der Waals surface area contributed by atoms with Crippen molar-refractivity contribution >= 4 is 23.1 Å². The quantitative estimate of drug-likeness (QED) is 0.808. The number of halogens is 1. The molecule has 1 N–H and O–H groups in total. The van der Waals surface area contributed by atoms with Gasteiger partial charge in [0.05, 0.1) is 0 Å². The Morgan fingerprint density at radius 3 is 2.35 bits per heavy atom. The van der Waals surface area contributed by atoms with Gasteiger partial charge >= 0.3 is 0 Å². The Bertz CT molecular complexity index is 536. The summed E-state index contributed by atoms with van der Waals surface area (Å²) in [5, 5.41) is 3.78. The number of nitrogens with zero attached hydrogens (tertiary/aromatic N) is 2. The van der Waals surface area contributed by atoms with Gasteiger partial charge in [0, 0.05) is 25.3 Å². The van der Waals surface area contributed by atoms with Gasteiger partial charge in [-0.25, -0.2) is 4.98 Å². The van der Waals surface area contributed by atoms with Crippen LogP contribution in [-0.2, 0) is 6.54 Å². The molecule has 0 spiro atoms. The van der Waals surface area contributed by atoms with Gasteiger partial charge in [0.1, 0.15) is 11.0 Å². The lowest BCUT2D eigenvalue weighted by atomic mass is 10.2. The monoisotopic (exact) mass is 289 g/mol. The van der Waals surface area contributed by atoms with E-state index in [1.807, 2.05) is 12.1 Å². The summed E-state index contributed by atoms with van der Waals surface area (Å²) < 4.78 is 0. The molecule has 0 aliphatic heterocycles. The van der Waals surface area contributed by atoms with E-state index in [9.17, 15) is 0 Å². The number of anilines is 2. The van der Waals surface area contributed by atoms with Crippen molar-refractivity contribution in [1.82, 2.24) is 4.98 Å². The minimum absolute atomic E-state index is 0.506. The summed E-state index contributed by atoms with van der Waals surface area (Å²) in [6.45, 7) is 7.14. The Morgan fingerprint density at radius 1 is 1.05 bits per heavy atom. The first kappa shape index (κ1) is 14.7. The number of nitrogens with one attached hydrogen (secondary N) is 1. The number of aromatic nitrogens is 1. The lowest BCUT2D eigenvalue weighted by Crippen LogP contribution is -2.21.